The fourth-order valence-corrected chi connectivity index (χ4v) is 3.98. The first-order chi connectivity index (χ1) is 12.2. The van der Waals surface area contributed by atoms with Crippen LogP contribution in [-0.2, 0) is 18.4 Å². The number of ether oxygens (including phenoxy) is 2. The molecule has 0 unspecified atom stereocenters. The fraction of sp³-hybridized carbons (Fsp3) is 0.381. The molecule has 1 spiro atoms. The molecule has 0 atom stereocenters. The maximum absolute atomic E-state index is 9.27. The minimum absolute atomic E-state index is 0.264. The van der Waals surface area contributed by atoms with Crippen LogP contribution < -0.4 is 14.4 Å². The van der Waals surface area contributed by atoms with E-state index in [4.69, 9.17) is 9.47 Å². The monoisotopic (exact) mass is 334 g/mol. The standard InChI is InChI=1S/C21H22N2O2/c1-24-17-5-3-15(4-6-17)13-23-14-21(8-9-21)19-12-18(25-2)11-16(7-10-22)20(19)23/h3-6,11-12H,7-9,13-14H2,1-2H3. The Morgan fingerprint density at radius 3 is 2.40 bits per heavy atom. The minimum Gasteiger partial charge on any atom is -0.497 e. The first-order valence-electron chi connectivity index (χ1n) is 8.65. The predicted octanol–water partition coefficient (Wildman–Crippen LogP) is 3.82. The molecule has 0 amide bonds. The molecule has 1 saturated carbocycles. The molecular formula is C21H22N2O2. The van der Waals surface area contributed by atoms with Gasteiger partial charge < -0.3 is 14.4 Å². The fourth-order valence-electron chi connectivity index (χ4n) is 3.98. The van der Waals surface area contributed by atoms with Gasteiger partial charge in [-0.1, -0.05) is 12.1 Å². The van der Waals surface area contributed by atoms with Crippen molar-refractivity contribution in [2.45, 2.75) is 31.2 Å². The van der Waals surface area contributed by atoms with Crippen molar-refractivity contribution in [2.75, 3.05) is 25.7 Å². The summed E-state index contributed by atoms with van der Waals surface area (Å²) in [6, 6.07) is 14.7. The summed E-state index contributed by atoms with van der Waals surface area (Å²) in [5, 5.41) is 9.27. The highest BCUT2D eigenvalue weighted by molar-refractivity contribution is 5.71. The molecule has 0 aromatic heterocycles. The highest BCUT2D eigenvalue weighted by atomic mass is 16.5. The maximum atomic E-state index is 9.27. The van der Waals surface area contributed by atoms with Crippen LogP contribution in [0.3, 0.4) is 0 Å². The predicted molar refractivity (Wildman–Crippen MR) is 97.3 cm³/mol. The van der Waals surface area contributed by atoms with E-state index < -0.39 is 0 Å². The lowest BCUT2D eigenvalue weighted by atomic mass is 9.95. The molecule has 4 nitrogen and oxygen atoms in total. The second-order valence-corrected chi connectivity index (χ2v) is 7.00. The number of anilines is 1. The Labute approximate surface area is 148 Å². The molecule has 2 aromatic carbocycles. The van der Waals surface area contributed by atoms with Gasteiger partial charge in [0.05, 0.1) is 26.7 Å². The summed E-state index contributed by atoms with van der Waals surface area (Å²) in [7, 11) is 3.38. The summed E-state index contributed by atoms with van der Waals surface area (Å²) in [4.78, 5) is 2.44. The zero-order chi connectivity index (χ0) is 17.4. The molecular weight excluding hydrogens is 312 g/mol. The number of nitriles is 1. The van der Waals surface area contributed by atoms with Gasteiger partial charge in [-0.2, -0.15) is 5.26 Å². The van der Waals surface area contributed by atoms with Crippen LogP contribution in [0.15, 0.2) is 36.4 Å². The highest BCUT2D eigenvalue weighted by Gasteiger charge is 2.52. The third kappa shape index (κ3) is 2.70. The Bertz CT molecular complexity index is 832. The van der Waals surface area contributed by atoms with E-state index in [9.17, 15) is 5.26 Å². The van der Waals surface area contributed by atoms with Crippen LogP contribution in [-0.4, -0.2) is 20.8 Å². The number of nitrogens with zero attached hydrogens (tertiary/aromatic N) is 2. The molecule has 1 fully saturated rings. The number of fused-ring (bicyclic) bond motifs is 2. The van der Waals surface area contributed by atoms with Gasteiger partial charge in [-0.3, -0.25) is 0 Å². The molecule has 2 aromatic rings. The average Bonchev–Trinajstić information content (AvgIpc) is 3.35. The number of rotatable bonds is 5. The first-order valence-corrected chi connectivity index (χ1v) is 8.65. The minimum atomic E-state index is 0.264. The zero-order valence-electron chi connectivity index (χ0n) is 14.7. The van der Waals surface area contributed by atoms with E-state index in [0.29, 0.717) is 6.42 Å². The van der Waals surface area contributed by atoms with Gasteiger partial charge in [-0.15, -0.1) is 0 Å². The smallest absolute Gasteiger partial charge is 0.119 e. The van der Waals surface area contributed by atoms with Gasteiger partial charge in [0.15, 0.2) is 0 Å². The first kappa shape index (κ1) is 15.8. The molecule has 0 radical (unpaired) electrons. The van der Waals surface area contributed by atoms with Crippen molar-refractivity contribution in [1.82, 2.24) is 0 Å². The molecule has 1 aliphatic carbocycles. The van der Waals surface area contributed by atoms with Gasteiger partial charge in [-0.25, -0.2) is 0 Å². The molecule has 0 N–H and O–H groups in total. The molecule has 128 valence electrons. The highest BCUT2D eigenvalue weighted by Crippen LogP contribution is 2.58. The van der Waals surface area contributed by atoms with E-state index in [2.05, 4.69) is 29.2 Å². The van der Waals surface area contributed by atoms with Crippen LogP contribution in [0, 0.1) is 11.3 Å². The summed E-state index contributed by atoms with van der Waals surface area (Å²) in [5.74, 6) is 1.74. The van der Waals surface area contributed by atoms with E-state index in [1.165, 1.54) is 29.7 Å². The van der Waals surface area contributed by atoms with Gasteiger partial charge in [-0.05, 0) is 53.8 Å². The lowest BCUT2D eigenvalue weighted by Crippen LogP contribution is -2.24. The van der Waals surface area contributed by atoms with E-state index in [0.717, 1.165) is 30.2 Å². The van der Waals surface area contributed by atoms with Crippen LogP contribution >= 0.6 is 0 Å². The largest absolute Gasteiger partial charge is 0.497 e. The quantitative estimate of drug-likeness (QED) is 0.834. The van der Waals surface area contributed by atoms with Crippen molar-refractivity contribution in [2.24, 2.45) is 0 Å². The number of hydrogen-bond donors (Lipinski definition) is 0. The maximum Gasteiger partial charge on any atom is 0.119 e. The number of hydrogen-bond acceptors (Lipinski definition) is 4. The summed E-state index contributed by atoms with van der Waals surface area (Å²) in [6.07, 6.45) is 2.85. The molecule has 25 heavy (non-hydrogen) atoms. The van der Waals surface area contributed by atoms with E-state index >= 15 is 0 Å². The molecule has 2 aliphatic rings. The van der Waals surface area contributed by atoms with Crippen LogP contribution in [0.2, 0.25) is 0 Å². The van der Waals surface area contributed by atoms with Gasteiger partial charge in [0.2, 0.25) is 0 Å². The second kappa shape index (κ2) is 6.00. The Morgan fingerprint density at radius 1 is 1.08 bits per heavy atom. The van der Waals surface area contributed by atoms with Crippen molar-refractivity contribution in [1.29, 1.82) is 5.26 Å². The normalized spacial score (nSPS) is 16.4. The molecule has 4 rings (SSSR count). The van der Waals surface area contributed by atoms with Crippen molar-refractivity contribution in [3.8, 4) is 17.6 Å². The Balaban J connectivity index is 1.71. The second-order valence-electron chi connectivity index (χ2n) is 7.00. The molecule has 0 bridgehead atoms. The average molecular weight is 334 g/mol. The lowest BCUT2D eigenvalue weighted by Gasteiger charge is -2.22. The van der Waals surface area contributed by atoms with Gasteiger partial charge in [0, 0.05) is 24.2 Å². The van der Waals surface area contributed by atoms with E-state index in [1.807, 2.05) is 18.2 Å². The summed E-state index contributed by atoms with van der Waals surface area (Å²) in [6.45, 7) is 1.88. The van der Waals surface area contributed by atoms with Crippen LogP contribution in [0.25, 0.3) is 0 Å². The molecule has 4 heteroatoms. The lowest BCUT2D eigenvalue weighted by molar-refractivity contribution is 0.413. The van der Waals surface area contributed by atoms with E-state index in [-0.39, 0.29) is 5.41 Å². The van der Waals surface area contributed by atoms with Gasteiger partial charge >= 0.3 is 0 Å². The topological polar surface area (TPSA) is 45.5 Å². The van der Waals surface area contributed by atoms with Crippen LogP contribution in [0.4, 0.5) is 5.69 Å². The van der Waals surface area contributed by atoms with Crippen molar-refractivity contribution >= 4 is 5.69 Å². The summed E-state index contributed by atoms with van der Waals surface area (Å²) in [5.41, 5.74) is 5.21. The Kier molecular flexibility index (Phi) is 3.80. The molecule has 0 saturated heterocycles. The van der Waals surface area contributed by atoms with Crippen molar-refractivity contribution in [3.05, 3.63) is 53.1 Å². The third-order valence-electron chi connectivity index (χ3n) is 5.43. The van der Waals surface area contributed by atoms with Gasteiger partial charge in [0.25, 0.3) is 0 Å². The van der Waals surface area contributed by atoms with Crippen molar-refractivity contribution < 1.29 is 9.47 Å². The Morgan fingerprint density at radius 2 is 1.80 bits per heavy atom. The number of methoxy groups -OCH3 is 2. The van der Waals surface area contributed by atoms with Gasteiger partial charge in [0.1, 0.15) is 11.5 Å². The van der Waals surface area contributed by atoms with Crippen LogP contribution in [0.1, 0.15) is 29.5 Å². The molecule has 1 heterocycles. The SMILES string of the molecule is COc1ccc(CN2CC3(CC3)c3cc(OC)cc(CC#N)c32)cc1. The summed E-state index contributed by atoms with van der Waals surface area (Å²) < 4.78 is 10.7. The van der Waals surface area contributed by atoms with E-state index in [1.54, 1.807) is 14.2 Å². The van der Waals surface area contributed by atoms with Crippen LogP contribution in [0.5, 0.6) is 11.5 Å². The Hall–Kier alpha value is -2.67. The van der Waals surface area contributed by atoms with Crippen molar-refractivity contribution in [3.63, 3.8) is 0 Å². The zero-order valence-corrected chi connectivity index (χ0v) is 14.7. The third-order valence-corrected chi connectivity index (χ3v) is 5.43. The summed E-state index contributed by atoms with van der Waals surface area (Å²) >= 11 is 0. The molecule has 1 aliphatic heterocycles. The number of benzene rings is 2.